The molecule has 1 aromatic heterocycles. The highest BCUT2D eigenvalue weighted by Gasteiger charge is 2.33. The maximum Gasteiger partial charge on any atom is 0.198 e. The van der Waals surface area contributed by atoms with Crippen molar-refractivity contribution in [3.63, 3.8) is 0 Å². The lowest BCUT2D eigenvalue weighted by Crippen LogP contribution is -2.27. The summed E-state index contributed by atoms with van der Waals surface area (Å²) in [5.74, 6) is 0.352. The van der Waals surface area contributed by atoms with E-state index in [-0.39, 0.29) is 29.8 Å². The van der Waals surface area contributed by atoms with Gasteiger partial charge >= 0.3 is 0 Å². The molecular formula is C19H19ClO3. The Morgan fingerprint density at radius 2 is 2.00 bits per heavy atom. The smallest absolute Gasteiger partial charge is 0.198 e. The predicted molar refractivity (Wildman–Crippen MR) is 88.8 cm³/mol. The van der Waals surface area contributed by atoms with E-state index in [9.17, 15) is 9.59 Å². The average molecular weight is 331 g/mol. The van der Waals surface area contributed by atoms with Crippen LogP contribution in [-0.4, -0.2) is 11.6 Å². The highest BCUT2D eigenvalue weighted by Crippen LogP contribution is 2.37. The number of hydrogen-bond donors (Lipinski definition) is 0. The van der Waals surface area contributed by atoms with Gasteiger partial charge in [-0.15, -0.1) is 0 Å². The zero-order valence-electron chi connectivity index (χ0n) is 12.8. The zero-order chi connectivity index (χ0) is 16.2. The van der Waals surface area contributed by atoms with E-state index < -0.39 is 0 Å². The molecule has 0 radical (unpaired) electrons. The molecule has 3 rings (SSSR count). The Morgan fingerprint density at radius 3 is 2.65 bits per heavy atom. The molecule has 0 amide bonds. The molecule has 1 aliphatic carbocycles. The van der Waals surface area contributed by atoms with Crippen LogP contribution in [0.2, 0.25) is 5.02 Å². The van der Waals surface area contributed by atoms with E-state index in [4.69, 9.17) is 16.0 Å². The van der Waals surface area contributed by atoms with Crippen LogP contribution in [0.25, 0.3) is 0 Å². The van der Waals surface area contributed by atoms with Crippen LogP contribution < -0.4 is 0 Å². The highest BCUT2D eigenvalue weighted by atomic mass is 35.5. The van der Waals surface area contributed by atoms with Gasteiger partial charge in [-0.1, -0.05) is 30.2 Å². The van der Waals surface area contributed by atoms with Crippen molar-refractivity contribution in [2.45, 2.75) is 38.0 Å². The minimum Gasteiger partial charge on any atom is -0.461 e. The minimum absolute atomic E-state index is 0.0617. The van der Waals surface area contributed by atoms with Gasteiger partial charge in [0.05, 0.1) is 6.26 Å². The third-order valence-electron chi connectivity index (χ3n) is 4.59. The first-order valence-corrected chi connectivity index (χ1v) is 8.38. The first-order valence-electron chi connectivity index (χ1n) is 8.00. The van der Waals surface area contributed by atoms with Crippen molar-refractivity contribution in [1.82, 2.24) is 0 Å². The average Bonchev–Trinajstić information content (AvgIpc) is 3.09. The van der Waals surface area contributed by atoms with E-state index >= 15 is 0 Å². The number of ketones is 2. The molecule has 0 aliphatic heterocycles. The molecule has 0 unspecified atom stereocenters. The van der Waals surface area contributed by atoms with Crippen LogP contribution in [0.5, 0.6) is 0 Å². The predicted octanol–water partition coefficient (Wildman–Crippen LogP) is 5.05. The van der Waals surface area contributed by atoms with E-state index in [1.54, 1.807) is 12.1 Å². The van der Waals surface area contributed by atoms with Crippen molar-refractivity contribution in [1.29, 1.82) is 0 Å². The molecule has 4 heteroatoms. The summed E-state index contributed by atoms with van der Waals surface area (Å²) in [6, 6.07) is 10.8. The summed E-state index contributed by atoms with van der Waals surface area (Å²) in [4.78, 5) is 24.9. The van der Waals surface area contributed by atoms with Gasteiger partial charge in [0.2, 0.25) is 0 Å². The first kappa shape index (κ1) is 16.0. The molecular weight excluding hydrogens is 312 g/mol. The van der Waals surface area contributed by atoms with Gasteiger partial charge in [0.25, 0.3) is 0 Å². The Bertz CT molecular complexity index is 673. The summed E-state index contributed by atoms with van der Waals surface area (Å²) in [7, 11) is 0. The Morgan fingerprint density at radius 1 is 1.22 bits per heavy atom. The molecule has 3 nitrogen and oxygen atoms in total. The molecule has 0 spiro atoms. The second-order valence-corrected chi connectivity index (χ2v) is 6.52. The Kier molecular flexibility index (Phi) is 4.97. The van der Waals surface area contributed by atoms with Crippen molar-refractivity contribution in [2.24, 2.45) is 5.92 Å². The maximum absolute atomic E-state index is 12.5. The summed E-state index contributed by atoms with van der Waals surface area (Å²) in [6.07, 6.45) is 5.23. The van der Waals surface area contributed by atoms with Gasteiger partial charge in [-0.2, -0.15) is 0 Å². The molecule has 2 aromatic rings. The summed E-state index contributed by atoms with van der Waals surface area (Å²) < 4.78 is 5.21. The number of hydrogen-bond acceptors (Lipinski definition) is 3. The van der Waals surface area contributed by atoms with Gasteiger partial charge in [0.15, 0.2) is 11.5 Å². The lowest BCUT2D eigenvalue weighted by atomic mass is 9.74. The van der Waals surface area contributed by atoms with E-state index in [0.717, 1.165) is 24.8 Å². The largest absolute Gasteiger partial charge is 0.461 e. The van der Waals surface area contributed by atoms with Crippen LogP contribution in [0, 0.1) is 5.92 Å². The number of furan rings is 1. The monoisotopic (exact) mass is 330 g/mol. The van der Waals surface area contributed by atoms with E-state index in [1.165, 1.54) is 6.26 Å². The summed E-state index contributed by atoms with van der Waals surface area (Å²) in [5.41, 5.74) is 0.995. The lowest BCUT2D eigenvalue weighted by Gasteiger charge is -2.29. The molecule has 1 aromatic carbocycles. The van der Waals surface area contributed by atoms with Crippen LogP contribution >= 0.6 is 11.6 Å². The standard InChI is InChI=1S/C19H19ClO3/c20-14-9-7-13(8-10-14)16(15-4-1-2-5-17(15)21)12-18(22)19-6-3-11-23-19/h3,6-11,15-16H,1-2,4-5,12H2/t15-,16-/m0/s1. The van der Waals surface area contributed by atoms with Crippen molar-refractivity contribution < 1.29 is 14.0 Å². The van der Waals surface area contributed by atoms with Crippen molar-refractivity contribution in [2.75, 3.05) is 0 Å². The SMILES string of the molecule is O=C(C[C@@H](c1ccc(Cl)cc1)[C@@H]1CCCCC1=O)c1ccco1. The lowest BCUT2D eigenvalue weighted by molar-refractivity contribution is -0.125. The fraction of sp³-hybridized carbons (Fsp3) is 0.368. The molecule has 1 saturated carbocycles. The van der Waals surface area contributed by atoms with Crippen LogP contribution in [-0.2, 0) is 4.79 Å². The topological polar surface area (TPSA) is 47.3 Å². The second kappa shape index (κ2) is 7.14. The number of halogens is 1. The van der Waals surface area contributed by atoms with Gasteiger partial charge in [-0.25, -0.2) is 0 Å². The summed E-state index contributed by atoms with van der Waals surface area (Å²) in [6.45, 7) is 0. The summed E-state index contributed by atoms with van der Waals surface area (Å²) in [5, 5.41) is 0.653. The van der Waals surface area contributed by atoms with E-state index in [0.29, 0.717) is 17.2 Å². The number of Topliss-reactive ketones (excluding diaryl/α,β-unsaturated/α-hetero) is 2. The van der Waals surface area contributed by atoms with Crippen LogP contribution in [0.1, 0.15) is 54.1 Å². The Hall–Kier alpha value is -1.87. The molecule has 120 valence electrons. The van der Waals surface area contributed by atoms with Crippen molar-refractivity contribution in [3.8, 4) is 0 Å². The third kappa shape index (κ3) is 3.73. The van der Waals surface area contributed by atoms with Crippen LogP contribution in [0.4, 0.5) is 0 Å². The number of benzene rings is 1. The number of carbonyl (C=O) groups excluding carboxylic acids is 2. The molecule has 0 N–H and O–H groups in total. The number of rotatable bonds is 5. The first-order chi connectivity index (χ1) is 11.1. The summed E-state index contributed by atoms with van der Waals surface area (Å²) >= 11 is 5.97. The Balaban J connectivity index is 1.87. The highest BCUT2D eigenvalue weighted by molar-refractivity contribution is 6.30. The molecule has 1 heterocycles. The molecule has 0 saturated heterocycles. The molecule has 1 aliphatic rings. The van der Waals surface area contributed by atoms with E-state index in [2.05, 4.69) is 0 Å². The minimum atomic E-state index is -0.113. The fourth-order valence-electron chi connectivity index (χ4n) is 3.38. The van der Waals surface area contributed by atoms with E-state index in [1.807, 2.05) is 24.3 Å². The van der Waals surface area contributed by atoms with Gasteiger partial charge in [0.1, 0.15) is 5.78 Å². The maximum atomic E-state index is 12.5. The van der Waals surface area contributed by atoms with Crippen LogP contribution in [0.3, 0.4) is 0 Å². The second-order valence-electron chi connectivity index (χ2n) is 6.08. The zero-order valence-corrected chi connectivity index (χ0v) is 13.6. The van der Waals surface area contributed by atoms with Crippen LogP contribution in [0.15, 0.2) is 47.1 Å². The Labute approximate surface area is 140 Å². The van der Waals surface area contributed by atoms with Gasteiger partial charge in [0, 0.05) is 29.7 Å². The van der Waals surface area contributed by atoms with Gasteiger partial charge < -0.3 is 4.42 Å². The molecule has 1 fully saturated rings. The fourth-order valence-corrected chi connectivity index (χ4v) is 3.50. The third-order valence-corrected chi connectivity index (χ3v) is 4.84. The van der Waals surface area contributed by atoms with Gasteiger partial charge in [-0.05, 0) is 42.7 Å². The molecule has 0 bridgehead atoms. The normalized spacial score (nSPS) is 19.5. The molecule has 23 heavy (non-hydrogen) atoms. The molecule has 2 atom stereocenters. The van der Waals surface area contributed by atoms with Crippen molar-refractivity contribution in [3.05, 3.63) is 59.0 Å². The van der Waals surface area contributed by atoms with Gasteiger partial charge in [-0.3, -0.25) is 9.59 Å². The number of carbonyl (C=O) groups is 2. The van der Waals surface area contributed by atoms with Crippen molar-refractivity contribution >= 4 is 23.2 Å². The quantitative estimate of drug-likeness (QED) is 0.721.